The second-order valence-corrected chi connectivity index (χ2v) is 7.59. The number of thiophene rings is 1. The van der Waals surface area contributed by atoms with Crippen LogP contribution in [-0.2, 0) is 0 Å². The quantitative estimate of drug-likeness (QED) is 0.713. The molecule has 0 bridgehead atoms. The van der Waals surface area contributed by atoms with Crippen LogP contribution in [0.3, 0.4) is 0 Å². The summed E-state index contributed by atoms with van der Waals surface area (Å²) in [5.41, 5.74) is 8.37. The SMILES string of the molecule is CN(CC1CC(c2ccccc2)NN1)C(=O)c1cnc(-c2cccs2)nc1. The van der Waals surface area contributed by atoms with E-state index in [4.69, 9.17) is 0 Å². The summed E-state index contributed by atoms with van der Waals surface area (Å²) in [5.74, 6) is 0.578. The molecular weight excluding hydrogens is 358 g/mol. The van der Waals surface area contributed by atoms with Gasteiger partial charge < -0.3 is 4.90 Å². The largest absolute Gasteiger partial charge is 0.340 e. The average molecular weight is 379 g/mol. The van der Waals surface area contributed by atoms with E-state index in [2.05, 4.69) is 33.0 Å². The lowest BCUT2D eigenvalue weighted by atomic mass is 10.0. The maximum atomic E-state index is 12.7. The number of aromatic nitrogens is 2. The first-order chi connectivity index (χ1) is 13.2. The molecule has 0 aliphatic carbocycles. The molecule has 6 nitrogen and oxygen atoms in total. The van der Waals surface area contributed by atoms with Gasteiger partial charge in [0.15, 0.2) is 5.82 Å². The van der Waals surface area contributed by atoms with Gasteiger partial charge in [-0.3, -0.25) is 10.2 Å². The molecule has 2 atom stereocenters. The minimum absolute atomic E-state index is 0.0716. The number of hydrogen-bond donors (Lipinski definition) is 2. The first-order valence-electron chi connectivity index (χ1n) is 8.88. The average Bonchev–Trinajstić information content (AvgIpc) is 3.40. The van der Waals surface area contributed by atoms with Crippen molar-refractivity contribution in [2.45, 2.75) is 18.5 Å². The fourth-order valence-corrected chi connectivity index (χ4v) is 3.92. The number of amides is 1. The van der Waals surface area contributed by atoms with E-state index in [0.29, 0.717) is 17.9 Å². The monoisotopic (exact) mass is 379 g/mol. The molecule has 138 valence electrons. The van der Waals surface area contributed by atoms with Gasteiger partial charge in [0, 0.05) is 38.1 Å². The normalized spacial score (nSPS) is 19.1. The molecule has 3 aromatic rings. The van der Waals surface area contributed by atoms with Crippen LogP contribution in [0.1, 0.15) is 28.4 Å². The smallest absolute Gasteiger partial charge is 0.256 e. The molecule has 2 N–H and O–H groups in total. The van der Waals surface area contributed by atoms with Crippen LogP contribution in [0.2, 0.25) is 0 Å². The van der Waals surface area contributed by atoms with E-state index >= 15 is 0 Å². The summed E-state index contributed by atoms with van der Waals surface area (Å²) < 4.78 is 0. The highest BCUT2D eigenvalue weighted by Gasteiger charge is 2.27. The molecule has 1 saturated heterocycles. The minimum Gasteiger partial charge on any atom is -0.340 e. The third-order valence-electron chi connectivity index (χ3n) is 4.67. The van der Waals surface area contributed by atoms with E-state index in [1.54, 1.807) is 28.6 Å². The molecule has 1 fully saturated rings. The molecule has 7 heteroatoms. The predicted octanol–water partition coefficient (Wildman–Crippen LogP) is 2.88. The Morgan fingerprint density at radius 3 is 2.63 bits per heavy atom. The Hall–Kier alpha value is -2.61. The minimum atomic E-state index is -0.0716. The lowest BCUT2D eigenvalue weighted by molar-refractivity contribution is 0.0782. The van der Waals surface area contributed by atoms with Crippen molar-refractivity contribution in [3.05, 3.63) is 71.4 Å². The van der Waals surface area contributed by atoms with Crippen molar-refractivity contribution in [2.24, 2.45) is 0 Å². The lowest BCUT2D eigenvalue weighted by Gasteiger charge is -2.20. The summed E-state index contributed by atoms with van der Waals surface area (Å²) in [7, 11) is 1.81. The first kappa shape index (κ1) is 17.8. The Morgan fingerprint density at radius 2 is 1.93 bits per heavy atom. The maximum absolute atomic E-state index is 12.7. The predicted molar refractivity (Wildman–Crippen MR) is 106 cm³/mol. The van der Waals surface area contributed by atoms with Crippen LogP contribution in [0.15, 0.2) is 60.2 Å². The van der Waals surface area contributed by atoms with Crippen LogP contribution in [0.25, 0.3) is 10.7 Å². The third-order valence-corrected chi connectivity index (χ3v) is 5.53. The summed E-state index contributed by atoms with van der Waals surface area (Å²) in [6.07, 6.45) is 4.14. The van der Waals surface area contributed by atoms with Gasteiger partial charge in [0.25, 0.3) is 5.91 Å². The van der Waals surface area contributed by atoms with Crippen LogP contribution in [0.4, 0.5) is 0 Å². The van der Waals surface area contributed by atoms with Gasteiger partial charge in [-0.1, -0.05) is 36.4 Å². The summed E-state index contributed by atoms with van der Waals surface area (Å²) >= 11 is 1.58. The van der Waals surface area contributed by atoms with Crippen LogP contribution in [0, 0.1) is 0 Å². The van der Waals surface area contributed by atoms with Gasteiger partial charge in [0.05, 0.1) is 10.4 Å². The molecule has 0 saturated carbocycles. The molecule has 4 rings (SSSR count). The van der Waals surface area contributed by atoms with Crippen molar-refractivity contribution in [1.29, 1.82) is 0 Å². The molecule has 0 spiro atoms. The second-order valence-electron chi connectivity index (χ2n) is 6.64. The maximum Gasteiger partial charge on any atom is 0.256 e. The Labute approximate surface area is 162 Å². The fraction of sp³-hybridized carbons (Fsp3) is 0.250. The molecule has 1 aliphatic rings. The molecule has 0 radical (unpaired) electrons. The van der Waals surface area contributed by atoms with Gasteiger partial charge in [-0.25, -0.2) is 15.4 Å². The second kappa shape index (κ2) is 7.96. The Kier molecular flexibility index (Phi) is 5.24. The number of nitrogens with one attached hydrogen (secondary N) is 2. The lowest BCUT2D eigenvalue weighted by Crippen LogP contribution is -2.41. The van der Waals surface area contributed by atoms with Crippen molar-refractivity contribution >= 4 is 17.2 Å². The van der Waals surface area contributed by atoms with E-state index in [-0.39, 0.29) is 18.0 Å². The molecule has 1 aliphatic heterocycles. The van der Waals surface area contributed by atoms with Crippen LogP contribution < -0.4 is 10.9 Å². The zero-order chi connectivity index (χ0) is 18.6. The Balaban J connectivity index is 1.35. The van der Waals surface area contributed by atoms with E-state index < -0.39 is 0 Å². The number of likely N-dealkylation sites (N-methyl/N-ethyl adjacent to an activating group) is 1. The highest BCUT2D eigenvalue weighted by molar-refractivity contribution is 7.13. The molecule has 1 aromatic carbocycles. The van der Waals surface area contributed by atoms with Gasteiger partial charge in [0.1, 0.15) is 0 Å². The van der Waals surface area contributed by atoms with Crippen LogP contribution in [-0.4, -0.2) is 40.4 Å². The van der Waals surface area contributed by atoms with E-state index in [1.165, 1.54) is 5.56 Å². The van der Waals surface area contributed by atoms with Gasteiger partial charge in [-0.05, 0) is 23.4 Å². The summed E-state index contributed by atoms with van der Waals surface area (Å²) in [4.78, 5) is 24.1. The van der Waals surface area contributed by atoms with Crippen molar-refractivity contribution in [3.8, 4) is 10.7 Å². The van der Waals surface area contributed by atoms with E-state index in [9.17, 15) is 4.79 Å². The van der Waals surface area contributed by atoms with Crippen LogP contribution >= 0.6 is 11.3 Å². The van der Waals surface area contributed by atoms with Crippen LogP contribution in [0.5, 0.6) is 0 Å². The number of hydrogen-bond acceptors (Lipinski definition) is 6. The van der Waals surface area contributed by atoms with Crippen molar-refractivity contribution < 1.29 is 4.79 Å². The molecule has 1 amide bonds. The summed E-state index contributed by atoms with van der Waals surface area (Å²) in [5, 5.41) is 1.98. The first-order valence-corrected chi connectivity index (χ1v) is 9.76. The van der Waals surface area contributed by atoms with Gasteiger partial charge in [0.2, 0.25) is 0 Å². The highest BCUT2D eigenvalue weighted by Crippen LogP contribution is 2.23. The van der Waals surface area contributed by atoms with Gasteiger partial charge in [-0.15, -0.1) is 11.3 Å². The van der Waals surface area contributed by atoms with E-state index in [0.717, 1.165) is 11.3 Å². The topological polar surface area (TPSA) is 70.2 Å². The van der Waals surface area contributed by atoms with Crippen molar-refractivity contribution in [2.75, 3.05) is 13.6 Å². The van der Waals surface area contributed by atoms with Gasteiger partial charge in [-0.2, -0.15) is 0 Å². The number of hydrazine groups is 1. The number of carbonyl (C=O) groups is 1. The zero-order valence-electron chi connectivity index (χ0n) is 15.0. The number of benzene rings is 1. The van der Waals surface area contributed by atoms with Crippen molar-refractivity contribution in [1.82, 2.24) is 25.7 Å². The molecular formula is C20H21N5OS. The number of rotatable bonds is 5. The molecule has 3 heterocycles. The summed E-state index contributed by atoms with van der Waals surface area (Å²) in [6, 6.07) is 14.7. The molecule has 2 unspecified atom stereocenters. The molecule has 27 heavy (non-hydrogen) atoms. The molecule has 2 aromatic heterocycles. The van der Waals surface area contributed by atoms with Gasteiger partial charge >= 0.3 is 0 Å². The standard InChI is InChI=1S/C20H21N5OS/c1-25(13-16-10-17(24-23-16)14-6-3-2-4-7-14)20(26)15-11-21-19(22-12-15)18-8-5-9-27-18/h2-9,11-12,16-17,23-24H,10,13H2,1H3. The summed E-state index contributed by atoms with van der Waals surface area (Å²) in [6.45, 7) is 0.613. The van der Waals surface area contributed by atoms with Crippen molar-refractivity contribution in [3.63, 3.8) is 0 Å². The zero-order valence-corrected chi connectivity index (χ0v) is 15.8. The Bertz CT molecular complexity index is 883. The van der Waals surface area contributed by atoms with E-state index in [1.807, 2.05) is 42.8 Å². The number of carbonyl (C=O) groups excluding carboxylic acids is 1. The Morgan fingerprint density at radius 1 is 1.15 bits per heavy atom. The third kappa shape index (κ3) is 4.05. The highest BCUT2D eigenvalue weighted by atomic mass is 32.1. The number of nitrogens with zero attached hydrogens (tertiary/aromatic N) is 3. The fourth-order valence-electron chi connectivity index (χ4n) is 3.25.